The lowest BCUT2D eigenvalue weighted by molar-refractivity contribution is 0.937. The van der Waals surface area contributed by atoms with E-state index < -0.39 is 0 Å². The van der Waals surface area contributed by atoms with E-state index in [1.54, 1.807) is 0 Å². The minimum absolute atomic E-state index is 0. The fourth-order valence-corrected chi connectivity index (χ4v) is 1.38. The highest BCUT2D eigenvalue weighted by atomic mass is 35.5. The summed E-state index contributed by atoms with van der Waals surface area (Å²) in [5.74, 6) is 0. The van der Waals surface area contributed by atoms with Gasteiger partial charge >= 0.3 is 0 Å². The molecule has 1 N–H and O–H groups in total. The smallest absolute Gasteiger partial charge is 0.118 e. The van der Waals surface area contributed by atoms with Crippen molar-refractivity contribution in [3.8, 4) is 6.07 Å². The minimum Gasteiger partial charge on any atom is -0.369 e. The Morgan fingerprint density at radius 3 is 2.83 bits per heavy atom. The van der Waals surface area contributed by atoms with Gasteiger partial charge in [0.2, 0.25) is 0 Å². The minimum atomic E-state index is -0.0209. The van der Waals surface area contributed by atoms with Gasteiger partial charge < -0.3 is 5.32 Å². The maximum Gasteiger partial charge on any atom is 0.118 e. The molecule has 62 valence electrons. The molecule has 1 heterocycles. The first-order valence-electron chi connectivity index (χ1n) is 3.64. The van der Waals surface area contributed by atoms with Gasteiger partial charge in [0.1, 0.15) is 6.04 Å². The average Bonchev–Trinajstić information content (AvgIpc) is 2.46. The second-order valence-corrected chi connectivity index (χ2v) is 2.69. The second-order valence-electron chi connectivity index (χ2n) is 2.69. The Hall–Kier alpha value is -1.20. The van der Waals surface area contributed by atoms with E-state index in [-0.39, 0.29) is 18.4 Å². The molecule has 1 unspecified atom stereocenters. The molecule has 1 atom stereocenters. The maximum atomic E-state index is 8.63. The van der Waals surface area contributed by atoms with E-state index in [0.29, 0.717) is 0 Å². The van der Waals surface area contributed by atoms with Crippen molar-refractivity contribution in [2.45, 2.75) is 12.5 Å². The van der Waals surface area contributed by atoms with E-state index in [1.165, 1.54) is 5.56 Å². The van der Waals surface area contributed by atoms with Gasteiger partial charge in [0.05, 0.1) is 6.07 Å². The van der Waals surface area contributed by atoms with Crippen LogP contribution in [-0.2, 0) is 6.42 Å². The molecule has 3 heteroatoms. The lowest BCUT2D eigenvalue weighted by atomic mass is 10.1. The zero-order chi connectivity index (χ0) is 7.68. The first-order valence-corrected chi connectivity index (χ1v) is 3.64. The first kappa shape index (κ1) is 8.89. The SMILES string of the molecule is Cl.N#CC1Cc2ccccc2N1. The Bertz CT molecular complexity index is 292. The van der Waals surface area contributed by atoms with Crippen LogP contribution in [0.5, 0.6) is 0 Å². The number of para-hydroxylation sites is 1. The number of halogens is 1. The number of benzene rings is 1. The van der Waals surface area contributed by atoms with Crippen LogP contribution in [0.1, 0.15) is 5.56 Å². The summed E-state index contributed by atoms with van der Waals surface area (Å²) in [4.78, 5) is 0. The molecule has 1 aromatic carbocycles. The molecule has 1 aromatic rings. The van der Waals surface area contributed by atoms with Crippen molar-refractivity contribution < 1.29 is 0 Å². The third kappa shape index (κ3) is 1.37. The number of hydrogen-bond acceptors (Lipinski definition) is 2. The second kappa shape index (κ2) is 3.46. The maximum absolute atomic E-state index is 8.63. The Labute approximate surface area is 77.6 Å². The van der Waals surface area contributed by atoms with Gasteiger partial charge in [0.25, 0.3) is 0 Å². The summed E-state index contributed by atoms with van der Waals surface area (Å²) in [5.41, 5.74) is 2.36. The van der Waals surface area contributed by atoms with Crippen molar-refractivity contribution in [3.63, 3.8) is 0 Å². The van der Waals surface area contributed by atoms with E-state index in [4.69, 9.17) is 5.26 Å². The fraction of sp³-hybridized carbons (Fsp3) is 0.222. The molecule has 0 aromatic heterocycles. The monoisotopic (exact) mass is 180 g/mol. The topological polar surface area (TPSA) is 35.8 Å². The van der Waals surface area contributed by atoms with Crippen LogP contribution >= 0.6 is 12.4 Å². The number of nitriles is 1. The highest BCUT2D eigenvalue weighted by Crippen LogP contribution is 2.24. The van der Waals surface area contributed by atoms with E-state index in [0.717, 1.165) is 12.1 Å². The van der Waals surface area contributed by atoms with Crippen LogP contribution < -0.4 is 5.32 Å². The standard InChI is InChI=1S/C9H8N2.ClH/c10-6-8-5-7-3-1-2-4-9(7)11-8;/h1-4,8,11H,5H2;1H. The molecule has 0 radical (unpaired) electrons. The lowest BCUT2D eigenvalue weighted by Crippen LogP contribution is -2.11. The van der Waals surface area contributed by atoms with Crippen LogP contribution in [0.3, 0.4) is 0 Å². The molecular formula is C9H9ClN2. The Balaban J connectivity index is 0.000000720. The van der Waals surface area contributed by atoms with Gasteiger partial charge in [-0.3, -0.25) is 0 Å². The third-order valence-corrected chi connectivity index (χ3v) is 1.93. The van der Waals surface area contributed by atoms with Gasteiger partial charge in [-0.1, -0.05) is 18.2 Å². The summed E-state index contributed by atoms with van der Waals surface area (Å²) in [6.45, 7) is 0. The van der Waals surface area contributed by atoms with Crippen LogP contribution in [0.4, 0.5) is 5.69 Å². The Kier molecular flexibility index (Phi) is 2.57. The lowest BCUT2D eigenvalue weighted by Gasteiger charge is -1.98. The number of nitrogens with one attached hydrogen (secondary N) is 1. The van der Waals surface area contributed by atoms with Crippen molar-refractivity contribution in [1.29, 1.82) is 5.26 Å². The Morgan fingerprint density at radius 2 is 2.17 bits per heavy atom. The van der Waals surface area contributed by atoms with Crippen LogP contribution in [0.2, 0.25) is 0 Å². The molecule has 1 aliphatic rings. The van der Waals surface area contributed by atoms with Gasteiger partial charge in [0, 0.05) is 12.1 Å². The van der Waals surface area contributed by atoms with Crippen molar-refractivity contribution in [2.75, 3.05) is 5.32 Å². The fourth-order valence-electron chi connectivity index (χ4n) is 1.38. The van der Waals surface area contributed by atoms with Crippen molar-refractivity contribution >= 4 is 18.1 Å². The molecule has 2 nitrogen and oxygen atoms in total. The third-order valence-electron chi connectivity index (χ3n) is 1.93. The zero-order valence-electron chi connectivity index (χ0n) is 6.45. The van der Waals surface area contributed by atoms with E-state index in [9.17, 15) is 0 Å². The summed E-state index contributed by atoms with van der Waals surface area (Å²) in [7, 11) is 0. The summed E-state index contributed by atoms with van der Waals surface area (Å²) in [5, 5.41) is 11.7. The number of rotatable bonds is 0. The average molecular weight is 181 g/mol. The molecule has 2 rings (SSSR count). The number of hydrogen-bond donors (Lipinski definition) is 1. The summed E-state index contributed by atoms with van der Waals surface area (Å²) < 4.78 is 0. The molecule has 0 aliphatic carbocycles. The zero-order valence-corrected chi connectivity index (χ0v) is 7.27. The van der Waals surface area contributed by atoms with Crippen LogP contribution in [0, 0.1) is 11.3 Å². The van der Waals surface area contributed by atoms with Crippen molar-refractivity contribution in [3.05, 3.63) is 29.8 Å². The van der Waals surface area contributed by atoms with E-state index >= 15 is 0 Å². The first-order chi connectivity index (χ1) is 5.40. The summed E-state index contributed by atoms with van der Waals surface area (Å²) in [6, 6.07) is 10.2. The van der Waals surface area contributed by atoms with Gasteiger partial charge in [0.15, 0.2) is 0 Å². The molecule has 0 saturated heterocycles. The molecule has 0 bridgehead atoms. The van der Waals surface area contributed by atoms with Crippen LogP contribution in [0.15, 0.2) is 24.3 Å². The van der Waals surface area contributed by atoms with Gasteiger partial charge in [-0.2, -0.15) is 5.26 Å². The molecule has 1 aliphatic heterocycles. The van der Waals surface area contributed by atoms with Crippen LogP contribution in [-0.4, -0.2) is 6.04 Å². The summed E-state index contributed by atoms with van der Waals surface area (Å²) >= 11 is 0. The summed E-state index contributed by atoms with van der Waals surface area (Å²) in [6.07, 6.45) is 0.840. The Morgan fingerprint density at radius 1 is 1.42 bits per heavy atom. The molecule has 0 amide bonds. The van der Waals surface area contributed by atoms with Crippen molar-refractivity contribution in [2.24, 2.45) is 0 Å². The largest absolute Gasteiger partial charge is 0.369 e. The van der Waals surface area contributed by atoms with Gasteiger partial charge in [-0.15, -0.1) is 12.4 Å². The normalized spacial score (nSPS) is 18.4. The molecule has 12 heavy (non-hydrogen) atoms. The predicted molar refractivity (Wildman–Crippen MR) is 50.4 cm³/mol. The number of anilines is 1. The van der Waals surface area contributed by atoms with Crippen molar-refractivity contribution in [1.82, 2.24) is 0 Å². The van der Waals surface area contributed by atoms with Gasteiger partial charge in [-0.25, -0.2) is 0 Å². The highest BCUT2D eigenvalue weighted by Gasteiger charge is 2.18. The van der Waals surface area contributed by atoms with E-state index in [2.05, 4.69) is 17.5 Å². The van der Waals surface area contributed by atoms with Crippen LogP contribution in [0.25, 0.3) is 0 Å². The predicted octanol–water partition coefficient (Wildman–Crippen LogP) is 1.97. The molecule has 0 fully saturated rings. The highest BCUT2D eigenvalue weighted by molar-refractivity contribution is 5.85. The molecule has 0 spiro atoms. The quantitative estimate of drug-likeness (QED) is 0.663. The van der Waals surface area contributed by atoms with E-state index in [1.807, 2.05) is 18.2 Å². The molecule has 0 saturated carbocycles. The number of nitrogens with zero attached hydrogens (tertiary/aromatic N) is 1. The van der Waals surface area contributed by atoms with Gasteiger partial charge in [-0.05, 0) is 11.6 Å². The number of fused-ring (bicyclic) bond motifs is 1. The molecular weight excluding hydrogens is 172 g/mol.